The molecular formula is C9H14BrClN2O. The number of pyridine rings is 1. The van der Waals surface area contributed by atoms with E-state index in [9.17, 15) is 0 Å². The molecule has 0 aromatic carbocycles. The van der Waals surface area contributed by atoms with Crippen LogP contribution in [0.25, 0.3) is 0 Å². The zero-order valence-electron chi connectivity index (χ0n) is 7.69. The Hall–Kier alpha value is -0.160. The molecule has 5 heteroatoms. The van der Waals surface area contributed by atoms with Gasteiger partial charge < -0.3 is 10.8 Å². The highest BCUT2D eigenvalue weighted by atomic mass is 79.9. The fraction of sp³-hybridized carbons (Fsp3) is 0.444. The van der Waals surface area contributed by atoms with Gasteiger partial charge in [0.15, 0.2) is 0 Å². The monoisotopic (exact) mass is 280 g/mol. The van der Waals surface area contributed by atoms with Crippen LogP contribution in [0.2, 0.25) is 0 Å². The molecular weight excluding hydrogens is 267 g/mol. The van der Waals surface area contributed by atoms with Gasteiger partial charge in [-0.3, -0.25) is 0 Å². The average Bonchev–Trinajstić information content (AvgIpc) is 2.15. The summed E-state index contributed by atoms with van der Waals surface area (Å²) in [5.41, 5.74) is 6.90. The lowest BCUT2D eigenvalue weighted by Gasteiger charge is -2.11. The summed E-state index contributed by atoms with van der Waals surface area (Å²) in [5.74, 6) is 0. The Labute approximate surface area is 98.3 Å². The topological polar surface area (TPSA) is 59.1 Å². The van der Waals surface area contributed by atoms with E-state index in [1.54, 1.807) is 6.20 Å². The largest absolute Gasteiger partial charge is 0.396 e. The van der Waals surface area contributed by atoms with E-state index in [-0.39, 0.29) is 25.1 Å². The molecule has 1 heterocycles. The van der Waals surface area contributed by atoms with Gasteiger partial charge in [0.2, 0.25) is 0 Å². The van der Waals surface area contributed by atoms with Crippen molar-refractivity contribution in [2.45, 2.75) is 18.9 Å². The molecule has 0 bridgehead atoms. The zero-order chi connectivity index (χ0) is 9.68. The Morgan fingerprint density at radius 3 is 2.86 bits per heavy atom. The van der Waals surface area contributed by atoms with Crippen LogP contribution in [0.3, 0.4) is 0 Å². The van der Waals surface area contributed by atoms with Gasteiger partial charge in [-0.15, -0.1) is 12.4 Å². The molecule has 0 aliphatic carbocycles. The molecule has 1 rings (SSSR count). The highest BCUT2D eigenvalue weighted by molar-refractivity contribution is 9.10. The molecule has 0 saturated carbocycles. The van der Waals surface area contributed by atoms with E-state index in [4.69, 9.17) is 10.8 Å². The minimum Gasteiger partial charge on any atom is -0.396 e. The Balaban J connectivity index is 0.00000169. The van der Waals surface area contributed by atoms with Crippen LogP contribution in [0.5, 0.6) is 0 Å². The summed E-state index contributed by atoms with van der Waals surface area (Å²) in [6.07, 6.45) is 3.22. The summed E-state index contributed by atoms with van der Waals surface area (Å²) in [5, 5.41) is 8.65. The van der Waals surface area contributed by atoms with Crippen LogP contribution >= 0.6 is 28.3 Å². The summed E-state index contributed by atoms with van der Waals surface area (Å²) in [6, 6.07) is 3.76. The van der Waals surface area contributed by atoms with Gasteiger partial charge in [0.25, 0.3) is 0 Å². The van der Waals surface area contributed by atoms with E-state index >= 15 is 0 Å². The number of nitrogens with two attached hydrogens (primary N) is 1. The number of halogens is 2. The van der Waals surface area contributed by atoms with Crippen molar-refractivity contribution in [3.05, 3.63) is 28.5 Å². The first kappa shape index (κ1) is 13.8. The van der Waals surface area contributed by atoms with E-state index in [0.29, 0.717) is 0 Å². The van der Waals surface area contributed by atoms with Crippen molar-refractivity contribution in [2.24, 2.45) is 5.73 Å². The quantitative estimate of drug-likeness (QED) is 0.830. The fourth-order valence-electron chi connectivity index (χ4n) is 1.14. The van der Waals surface area contributed by atoms with Crippen LogP contribution in [0.4, 0.5) is 0 Å². The van der Waals surface area contributed by atoms with E-state index in [2.05, 4.69) is 20.9 Å². The number of hydrogen-bond acceptors (Lipinski definition) is 3. The standard InChI is InChI=1S/C9H13BrN2O.ClH/c10-9-7(3-1-5-12-9)8(11)4-2-6-13;/h1,3,5,8,13H,2,4,6,11H2;1H/t8-;/m1./s1. The first-order chi connectivity index (χ1) is 6.25. The predicted molar refractivity (Wildman–Crippen MR) is 62.4 cm³/mol. The van der Waals surface area contributed by atoms with Crippen molar-refractivity contribution in [3.8, 4) is 0 Å². The van der Waals surface area contributed by atoms with Gasteiger partial charge >= 0.3 is 0 Å². The third kappa shape index (κ3) is 3.92. The maximum absolute atomic E-state index is 8.65. The normalized spacial score (nSPS) is 11.9. The molecule has 1 aromatic rings. The molecule has 3 N–H and O–H groups in total. The van der Waals surface area contributed by atoms with Gasteiger partial charge in [0.05, 0.1) is 0 Å². The van der Waals surface area contributed by atoms with Crippen molar-refractivity contribution >= 4 is 28.3 Å². The van der Waals surface area contributed by atoms with Crippen LogP contribution in [-0.4, -0.2) is 16.7 Å². The average molecular weight is 282 g/mol. The highest BCUT2D eigenvalue weighted by Crippen LogP contribution is 2.22. The second kappa shape index (κ2) is 7.17. The van der Waals surface area contributed by atoms with Crippen LogP contribution in [0.15, 0.2) is 22.9 Å². The number of aromatic nitrogens is 1. The Morgan fingerprint density at radius 1 is 1.57 bits per heavy atom. The first-order valence-corrected chi connectivity index (χ1v) is 5.02. The number of rotatable bonds is 4. The lowest BCUT2D eigenvalue weighted by Crippen LogP contribution is -2.11. The molecule has 1 atom stereocenters. The van der Waals surface area contributed by atoms with Crippen LogP contribution in [-0.2, 0) is 0 Å². The van der Waals surface area contributed by atoms with Gasteiger partial charge in [-0.1, -0.05) is 6.07 Å². The Kier molecular flexibility index (Phi) is 7.09. The van der Waals surface area contributed by atoms with E-state index in [1.165, 1.54) is 0 Å². The Bertz CT molecular complexity index is 273. The molecule has 80 valence electrons. The molecule has 0 fully saturated rings. The summed E-state index contributed by atoms with van der Waals surface area (Å²) >= 11 is 3.34. The van der Waals surface area contributed by atoms with Gasteiger partial charge in [-0.05, 0) is 34.8 Å². The summed E-state index contributed by atoms with van der Waals surface area (Å²) in [6.45, 7) is 0.186. The van der Waals surface area contributed by atoms with Gasteiger partial charge in [-0.2, -0.15) is 0 Å². The van der Waals surface area contributed by atoms with E-state index < -0.39 is 0 Å². The summed E-state index contributed by atoms with van der Waals surface area (Å²) in [4.78, 5) is 4.08. The number of nitrogens with zero attached hydrogens (tertiary/aromatic N) is 1. The van der Waals surface area contributed by atoms with E-state index in [0.717, 1.165) is 23.0 Å². The zero-order valence-corrected chi connectivity index (χ0v) is 10.1. The van der Waals surface area contributed by atoms with Crippen LogP contribution in [0.1, 0.15) is 24.4 Å². The summed E-state index contributed by atoms with van der Waals surface area (Å²) < 4.78 is 0.792. The lowest BCUT2D eigenvalue weighted by molar-refractivity contribution is 0.280. The van der Waals surface area contributed by atoms with Gasteiger partial charge in [0.1, 0.15) is 4.60 Å². The number of aliphatic hydroxyl groups excluding tert-OH is 1. The van der Waals surface area contributed by atoms with Crippen molar-refractivity contribution in [3.63, 3.8) is 0 Å². The molecule has 0 aliphatic heterocycles. The third-order valence-corrected chi connectivity index (χ3v) is 2.52. The molecule has 0 spiro atoms. The molecule has 1 aromatic heterocycles. The predicted octanol–water partition coefficient (Wildman–Crippen LogP) is 2.04. The molecule has 0 aliphatic rings. The van der Waals surface area contributed by atoms with Gasteiger partial charge in [0, 0.05) is 24.4 Å². The van der Waals surface area contributed by atoms with Crippen molar-refractivity contribution in [2.75, 3.05) is 6.61 Å². The molecule has 0 radical (unpaired) electrons. The second-order valence-corrected chi connectivity index (χ2v) is 3.61. The minimum absolute atomic E-state index is 0. The maximum atomic E-state index is 8.65. The van der Waals surface area contributed by atoms with E-state index in [1.807, 2.05) is 12.1 Å². The number of hydrogen-bond donors (Lipinski definition) is 2. The molecule has 3 nitrogen and oxygen atoms in total. The molecule has 0 saturated heterocycles. The minimum atomic E-state index is -0.0461. The SMILES string of the molecule is Cl.N[C@H](CCCO)c1cccnc1Br. The maximum Gasteiger partial charge on any atom is 0.110 e. The van der Waals surface area contributed by atoms with Crippen LogP contribution in [0, 0.1) is 0 Å². The molecule has 0 amide bonds. The molecule has 0 unspecified atom stereocenters. The van der Waals surface area contributed by atoms with Gasteiger partial charge in [-0.25, -0.2) is 4.98 Å². The van der Waals surface area contributed by atoms with Crippen molar-refractivity contribution in [1.29, 1.82) is 0 Å². The summed E-state index contributed by atoms with van der Waals surface area (Å²) in [7, 11) is 0. The second-order valence-electron chi connectivity index (χ2n) is 2.86. The smallest absolute Gasteiger partial charge is 0.110 e. The number of aliphatic hydroxyl groups is 1. The lowest BCUT2D eigenvalue weighted by atomic mass is 10.1. The Morgan fingerprint density at radius 2 is 2.29 bits per heavy atom. The highest BCUT2D eigenvalue weighted by Gasteiger charge is 2.08. The third-order valence-electron chi connectivity index (χ3n) is 1.86. The van der Waals surface area contributed by atoms with Crippen molar-refractivity contribution in [1.82, 2.24) is 4.98 Å². The molecule has 14 heavy (non-hydrogen) atoms. The fourth-order valence-corrected chi connectivity index (χ4v) is 1.69. The van der Waals surface area contributed by atoms with Crippen LogP contribution < -0.4 is 5.73 Å². The first-order valence-electron chi connectivity index (χ1n) is 4.22. The van der Waals surface area contributed by atoms with Crippen molar-refractivity contribution < 1.29 is 5.11 Å².